The van der Waals surface area contributed by atoms with Gasteiger partial charge >= 0.3 is 0 Å². The fourth-order valence-electron chi connectivity index (χ4n) is 7.45. The number of non-ortho nitro benzene ring substituents is 1. The Labute approximate surface area is 311 Å². The van der Waals surface area contributed by atoms with Gasteiger partial charge in [-0.15, -0.1) is 0 Å². The minimum atomic E-state index is -0.390. The molecule has 252 valence electrons. The lowest BCUT2D eigenvalue weighted by Crippen LogP contribution is -2.38. The van der Waals surface area contributed by atoms with Crippen LogP contribution in [0, 0.1) is 10.1 Å². The molecule has 0 radical (unpaired) electrons. The molecule has 0 amide bonds. The van der Waals surface area contributed by atoms with Crippen LogP contribution in [0.25, 0.3) is 40.0 Å². The third-order valence-corrected chi connectivity index (χ3v) is 11.3. The zero-order valence-electron chi connectivity index (χ0n) is 27.6. The summed E-state index contributed by atoms with van der Waals surface area (Å²) in [5.41, 5.74) is 10.8. The van der Waals surface area contributed by atoms with Crippen molar-refractivity contribution in [1.29, 1.82) is 0 Å². The van der Waals surface area contributed by atoms with E-state index in [1.54, 1.807) is 12.1 Å². The third-order valence-electron chi connectivity index (χ3n) is 9.81. The highest BCUT2D eigenvalue weighted by Crippen LogP contribution is 2.42. The van der Waals surface area contributed by atoms with Crippen LogP contribution in [0.5, 0.6) is 0 Å². The van der Waals surface area contributed by atoms with Gasteiger partial charge in [-0.05, 0) is 77.1 Å². The standard InChI is InChI=1S/C43H29BrN4O3S/c44-32-18-15-30(16-19-32)41-36-24-17-27-9-7-8-14-35(27)39(36)45-43-47(41)42(49)38(52-43)26-31-25-37(28-10-3-1-4-11-28)46(40(31)29-12-5-2-6-13-29)33-20-22-34(23-21-33)48(50)51/h1-16,18-23,25-26,41H,17,24H2/b38-26+/t41-/m0/s1. The number of fused-ring (bicyclic) bond motifs is 3. The molecule has 1 atom stereocenters. The summed E-state index contributed by atoms with van der Waals surface area (Å²) in [6, 6.07) is 45.2. The Balaban J connectivity index is 1.31. The van der Waals surface area contributed by atoms with Crippen molar-refractivity contribution in [2.75, 3.05) is 0 Å². The number of hydrogen-bond donors (Lipinski definition) is 0. The van der Waals surface area contributed by atoms with Gasteiger partial charge in [-0.25, -0.2) is 4.99 Å². The van der Waals surface area contributed by atoms with Crippen LogP contribution in [-0.2, 0) is 6.42 Å². The first-order valence-corrected chi connectivity index (χ1v) is 18.6. The molecular weight excluding hydrogens is 732 g/mol. The summed E-state index contributed by atoms with van der Waals surface area (Å²) in [5, 5.41) is 11.6. The number of rotatable bonds is 6. The Morgan fingerprint density at radius 1 is 0.808 bits per heavy atom. The number of nitrogens with zero attached hydrogens (tertiary/aromatic N) is 4. The molecular formula is C43H29BrN4O3S. The molecule has 7 nitrogen and oxygen atoms in total. The number of aromatic nitrogens is 2. The highest BCUT2D eigenvalue weighted by molar-refractivity contribution is 9.10. The van der Waals surface area contributed by atoms with E-state index < -0.39 is 4.92 Å². The minimum absolute atomic E-state index is 0.0189. The van der Waals surface area contributed by atoms with E-state index in [-0.39, 0.29) is 17.3 Å². The normalized spacial score (nSPS) is 15.1. The molecule has 0 saturated carbocycles. The van der Waals surface area contributed by atoms with Gasteiger partial charge in [0.25, 0.3) is 11.2 Å². The number of nitro groups is 1. The van der Waals surface area contributed by atoms with E-state index in [0.29, 0.717) is 9.33 Å². The average molecular weight is 762 g/mol. The molecule has 0 saturated heterocycles. The molecule has 1 aliphatic carbocycles. The molecule has 1 aliphatic heterocycles. The smallest absolute Gasteiger partial charge is 0.271 e. The highest BCUT2D eigenvalue weighted by Gasteiger charge is 2.32. The van der Waals surface area contributed by atoms with E-state index in [0.717, 1.165) is 73.5 Å². The van der Waals surface area contributed by atoms with Gasteiger partial charge in [0.15, 0.2) is 4.80 Å². The van der Waals surface area contributed by atoms with Crippen molar-refractivity contribution >= 4 is 44.7 Å². The topological polar surface area (TPSA) is 82.4 Å². The van der Waals surface area contributed by atoms with E-state index in [2.05, 4.69) is 63.0 Å². The van der Waals surface area contributed by atoms with E-state index >= 15 is 0 Å². The Morgan fingerprint density at radius 3 is 2.19 bits per heavy atom. The number of hydrogen-bond acceptors (Lipinski definition) is 5. The zero-order chi connectivity index (χ0) is 35.3. The lowest BCUT2D eigenvalue weighted by molar-refractivity contribution is -0.384. The van der Waals surface area contributed by atoms with Crippen LogP contribution < -0.4 is 14.9 Å². The highest BCUT2D eigenvalue weighted by atomic mass is 79.9. The van der Waals surface area contributed by atoms with Crippen LogP contribution in [0.3, 0.4) is 0 Å². The summed E-state index contributed by atoms with van der Waals surface area (Å²) >= 11 is 5.00. The zero-order valence-corrected chi connectivity index (χ0v) is 30.1. The van der Waals surface area contributed by atoms with Crippen LogP contribution in [0.1, 0.15) is 34.7 Å². The van der Waals surface area contributed by atoms with Crippen LogP contribution >= 0.6 is 27.3 Å². The number of allylic oxidation sites excluding steroid dienone is 1. The van der Waals surface area contributed by atoms with Gasteiger partial charge in [-0.2, -0.15) is 0 Å². The summed E-state index contributed by atoms with van der Waals surface area (Å²) in [4.78, 5) is 31.8. The second kappa shape index (κ2) is 13.0. The third kappa shape index (κ3) is 5.49. The molecule has 0 fully saturated rings. The van der Waals surface area contributed by atoms with E-state index in [9.17, 15) is 14.9 Å². The predicted octanol–water partition coefficient (Wildman–Crippen LogP) is 9.11. The second-order valence-electron chi connectivity index (χ2n) is 12.8. The monoisotopic (exact) mass is 760 g/mol. The first kappa shape index (κ1) is 32.0. The molecule has 0 unspecified atom stereocenters. The van der Waals surface area contributed by atoms with Gasteiger partial charge in [-0.1, -0.05) is 124 Å². The average Bonchev–Trinajstić information content (AvgIpc) is 3.71. The fraction of sp³-hybridized carbons (Fsp3) is 0.0698. The molecule has 0 bridgehead atoms. The van der Waals surface area contributed by atoms with Crippen LogP contribution in [-0.4, -0.2) is 14.1 Å². The molecule has 9 heteroatoms. The Hall–Kier alpha value is -5.90. The summed E-state index contributed by atoms with van der Waals surface area (Å²) in [6.07, 6.45) is 3.69. The van der Waals surface area contributed by atoms with Crippen LogP contribution in [0.4, 0.5) is 5.69 Å². The Morgan fingerprint density at radius 2 is 1.48 bits per heavy atom. The second-order valence-corrected chi connectivity index (χ2v) is 14.8. The number of nitro benzene ring substituents is 1. The Bertz CT molecular complexity index is 2730. The lowest BCUT2D eigenvalue weighted by atomic mass is 9.83. The van der Waals surface area contributed by atoms with Crippen LogP contribution in [0.15, 0.2) is 159 Å². The molecule has 2 aromatic heterocycles. The number of aryl methyl sites for hydroxylation is 1. The van der Waals surface area contributed by atoms with Gasteiger partial charge < -0.3 is 4.57 Å². The molecule has 0 spiro atoms. The first-order valence-electron chi connectivity index (χ1n) is 16.9. The molecule has 2 aliphatic rings. The van der Waals surface area contributed by atoms with Crippen LogP contribution in [0.2, 0.25) is 0 Å². The molecule has 52 heavy (non-hydrogen) atoms. The SMILES string of the molecule is O=c1/c(=C\c2cc(-c3ccccc3)n(-c3ccc([N+](=O)[O-])cc3)c2-c2ccccc2)sc2n1[C@@H](c1ccc(Br)cc1)C1=C(N=2)c2ccccc2CC1. The Kier molecular flexibility index (Phi) is 8.02. The molecule has 3 heterocycles. The maximum Gasteiger partial charge on any atom is 0.271 e. The van der Waals surface area contributed by atoms with Gasteiger partial charge in [-0.3, -0.25) is 19.5 Å². The number of thiazole rings is 1. The van der Waals surface area contributed by atoms with Crippen molar-refractivity contribution in [3.63, 3.8) is 0 Å². The largest absolute Gasteiger partial charge is 0.309 e. The maximum absolute atomic E-state index is 14.7. The minimum Gasteiger partial charge on any atom is -0.309 e. The van der Waals surface area contributed by atoms with E-state index in [1.165, 1.54) is 29.0 Å². The summed E-state index contributed by atoms with van der Waals surface area (Å²) in [7, 11) is 0. The summed E-state index contributed by atoms with van der Waals surface area (Å²) in [6.45, 7) is 0. The fourth-order valence-corrected chi connectivity index (χ4v) is 8.71. The van der Waals surface area contributed by atoms with Crippen molar-refractivity contribution in [2.45, 2.75) is 18.9 Å². The van der Waals surface area contributed by atoms with Crippen molar-refractivity contribution in [1.82, 2.24) is 9.13 Å². The summed E-state index contributed by atoms with van der Waals surface area (Å²) in [5.74, 6) is 0. The predicted molar refractivity (Wildman–Crippen MR) is 210 cm³/mol. The lowest BCUT2D eigenvalue weighted by Gasteiger charge is -2.30. The van der Waals surface area contributed by atoms with E-state index in [4.69, 9.17) is 4.99 Å². The molecule has 0 N–H and O–H groups in total. The van der Waals surface area contributed by atoms with Gasteiger partial charge in [0, 0.05) is 33.4 Å². The van der Waals surface area contributed by atoms with Crippen molar-refractivity contribution in [2.24, 2.45) is 4.99 Å². The first-order chi connectivity index (χ1) is 25.4. The molecule has 7 aromatic rings. The quantitative estimate of drug-likeness (QED) is 0.125. The number of halogens is 1. The van der Waals surface area contributed by atoms with Crippen molar-refractivity contribution in [3.05, 3.63) is 202 Å². The van der Waals surface area contributed by atoms with Gasteiger partial charge in [0.05, 0.1) is 32.6 Å². The molecule has 5 aromatic carbocycles. The van der Waals surface area contributed by atoms with E-state index in [1.807, 2.05) is 83.4 Å². The van der Waals surface area contributed by atoms with Gasteiger partial charge in [0.1, 0.15) is 0 Å². The van der Waals surface area contributed by atoms with Gasteiger partial charge in [0.2, 0.25) is 0 Å². The maximum atomic E-state index is 14.7. The number of benzene rings is 5. The molecule has 9 rings (SSSR count). The summed E-state index contributed by atoms with van der Waals surface area (Å²) < 4.78 is 5.55. The van der Waals surface area contributed by atoms with Crippen molar-refractivity contribution < 1.29 is 4.92 Å². The van der Waals surface area contributed by atoms with Crippen molar-refractivity contribution in [3.8, 4) is 28.2 Å².